The maximum absolute atomic E-state index is 11.7. The second-order valence-electron chi connectivity index (χ2n) is 7.78. The average molecular weight is 397 g/mol. The summed E-state index contributed by atoms with van der Waals surface area (Å²) < 4.78 is 10.4. The van der Waals surface area contributed by atoms with Gasteiger partial charge in [0.15, 0.2) is 0 Å². The second-order valence-corrected chi connectivity index (χ2v) is 7.78. The molecular formula is C24H44O4. The summed E-state index contributed by atoms with van der Waals surface area (Å²) in [6.07, 6.45) is 20.1. The maximum Gasteiger partial charge on any atom is 0.331 e. The first-order chi connectivity index (χ1) is 13.6. The van der Waals surface area contributed by atoms with E-state index in [1.807, 2.05) is 6.92 Å². The van der Waals surface area contributed by atoms with Crippen LogP contribution in [0.15, 0.2) is 12.2 Å². The highest BCUT2D eigenvalue weighted by atomic mass is 16.5. The molecule has 0 spiro atoms. The molecule has 164 valence electrons. The molecule has 0 heterocycles. The molecule has 4 nitrogen and oxygen atoms in total. The molecule has 0 aromatic rings. The number of carbonyl (C=O) groups excluding carboxylic acids is 2. The molecule has 0 fully saturated rings. The van der Waals surface area contributed by atoms with E-state index in [2.05, 4.69) is 13.8 Å². The largest absolute Gasteiger partial charge is 0.463 e. The molecule has 0 saturated heterocycles. The van der Waals surface area contributed by atoms with Crippen LogP contribution in [0.1, 0.15) is 117 Å². The Kier molecular flexibility index (Phi) is 19.5. The van der Waals surface area contributed by atoms with Gasteiger partial charge in [-0.3, -0.25) is 0 Å². The molecule has 4 heteroatoms. The Morgan fingerprint density at radius 1 is 0.679 bits per heavy atom. The zero-order valence-corrected chi connectivity index (χ0v) is 18.7. The van der Waals surface area contributed by atoms with Gasteiger partial charge in [0.2, 0.25) is 0 Å². The van der Waals surface area contributed by atoms with Crippen molar-refractivity contribution in [2.24, 2.45) is 0 Å². The Morgan fingerprint density at radius 3 is 1.71 bits per heavy atom. The SMILES string of the molecule is CCCCCCCCCCOC(=O)/C=C/C(=O)OC(C)CCCCCCCC. The predicted molar refractivity (Wildman–Crippen MR) is 116 cm³/mol. The molecular weight excluding hydrogens is 352 g/mol. The maximum atomic E-state index is 11.7. The van der Waals surface area contributed by atoms with Crippen LogP contribution in [0.5, 0.6) is 0 Å². The third-order valence-electron chi connectivity index (χ3n) is 4.88. The average Bonchev–Trinajstić information content (AvgIpc) is 2.67. The minimum atomic E-state index is -0.470. The van der Waals surface area contributed by atoms with Gasteiger partial charge in [0, 0.05) is 12.2 Å². The van der Waals surface area contributed by atoms with Crippen molar-refractivity contribution in [3.63, 3.8) is 0 Å². The lowest BCUT2D eigenvalue weighted by atomic mass is 10.1. The lowest BCUT2D eigenvalue weighted by Gasteiger charge is -2.11. The highest BCUT2D eigenvalue weighted by molar-refractivity contribution is 5.91. The van der Waals surface area contributed by atoms with E-state index < -0.39 is 11.9 Å². The Morgan fingerprint density at radius 2 is 1.14 bits per heavy atom. The van der Waals surface area contributed by atoms with Gasteiger partial charge in [-0.2, -0.15) is 0 Å². The van der Waals surface area contributed by atoms with Crippen LogP contribution in [0, 0.1) is 0 Å². The minimum Gasteiger partial charge on any atom is -0.463 e. The van der Waals surface area contributed by atoms with Crippen molar-refractivity contribution in [2.45, 2.75) is 123 Å². The van der Waals surface area contributed by atoms with Gasteiger partial charge in [-0.1, -0.05) is 90.9 Å². The number of carbonyl (C=O) groups is 2. The first kappa shape index (κ1) is 26.7. The molecule has 1 unspecified atom stereocenters. The highest BCUT2D eigenvalue weighted by Crippen LogP contribution is 2.11. The number of unbranched alkanes of at least 4 members (excludes halogenated alkanes) is 12. The van der Waals surface area contributed by atoms with Gasteiger partial charge in [0.05, 0.1) is 12.7 Å². The summed E-state index contributed by atoms with van der Waals surface area (Å²) >= 11 is 0. The van der Waals surface area contributed by atoms with Gasteiger partial charge >= 0.3 is 11.9 Å². The molecule has 0 saturated carbocycles. The van der Waals surface area contributed by atoms with Crippen molar-refractivity contribution < 1.29 is 19.1 Å². The molecule has 0 amide bonds. The van der Waals surface area contributed by atoms with Crippen molar-refractivity contribution in [1.82, 2.24) is 0 Å². The van der Waals surface area contributed by atoms with E-state index in [1.54, 1.807) is 0 Å². The molecule has 1 atom stereocenters. The van der Waals surface area contributed by atoms with Crippen LogP contribution in [0.4, 0.5) is 0 Å². The van der Waals surface area contributed by atoms with Crippen LogP contribution in [0.2, 0.25) is 0 Å². The van der Waals surface area contributed by atoms with E-state index in [1.165, 1.54) is 82.8 Å². The van der Waals surface area contributed by atoms with Gasteiger partial charge in [-0.25, -0.2) is 9.59 Å². The summed E-state index contributed by atoms with van der Waals surface area (Å²) in [7, 11) is 0. The molecule has 28 heavy (non-hydrogen) atoms. The molecule has 0 aromatic carbocycles. The van der Waals surface area contributed by atoms with Crippen molar-refractivity contribution in [1.29, 1.82) is 0 Å². The molecule has 0 aliphatic rings. The van der Waals surface area contributed by atoms with Crippen LogP contribution in [0.25, 0.3) is 0 Å². The predicted octanol–water partition coefficient (Wildman–Crippen LogP) is 6.91. The lowest BCUT2D eigenvalue weighted by Crippen LogP contribution is -2.13. The molecule has 0 N–H and O–H groups in total. The first-order valence-corrected chi connectivity index (χ1v) is 11.7. The van der Waals surface area contributed by atoms with E-state index >= 15 is 0 Å². The Balaban J connectivity index is 3.61. The fourth-order valence-electron chi connectivity index (χ4n) is 3.10. The van der Waals surface area contributed by atoms with Crippen LogP contribution < -0.4 is 0 Å². The van der Waals surface area contributed by atoms with Crippen LogP contribution in [-0.2, 0) is 19.1 Å². The van der Waals surface area contributed by atoms with Crippen molar-refractivity contribution in [3.8, 4) is 0 Å². The number of rotatable bonds is 19. The van der Waals surface area contributed by atoms with E-state index in [0.717, 1.165) is 25.7 Å². The van der Waals surface area contributed by atoms with Crippen molar-refractivity contribution in [2.75, 3.05) is 6.61 Å². The van der Waals surface area contributed by atoms with Crippen molar-refractivity contribution >= 4 is 11.9 Å². The zero-order chi connectivity index (χ0) is 20.9. The molecule has 0 rings (SSSR count). The van der Waals surface area contributed by atoms with E-state index in [0.29, 0.717) is 6.61 Å². The minimum absolute atomic E-state index is 0.114. The van der Waals surface area contributed by atoms with E-state index in [4.69, 9.17) is 9.47 Å². The normalized spacial score (nSPS) is 12.2. The van der Waals surface area contributed by atoms with Crippen molar-refractivity contribution in [3.05, 3.63) is 12.2 Å². The summed E-state index contributed by atoms with van der Waals surface area (Å²) in [5.74, 6) is -0.939. The van der Waals surface area contributed by atoms with Gasteiger partial charge < -0.3 is 9.47 Å². The van der Waals surface area contributed by atoms with Crippen LogP contribution in [-0.4, -0.2) is 24.6 Å². The fourth-order valence-corrected chi connectivity index (χ4v) is 3.10. The summed E-state index contributed by atoms with van der Waals surface area (Å²) in [5, 5.41) is 0. The molecule has 0 aromatic heterocycles. The topological polar surface area (TPSA) is 52.6 Å². The van der Waals surface area contributed by atoms with Gasteiger partial charge in [-0.15, -0.1) is 0 Å². The second kappa shape index (κ2) is 20.4. The van der Waals surface area contributed by atoms with Gasteiger partial charge in [-0.05, 0) is 26.2 Å². The summed E-state index contributed by atoms with van der Waals surface area (Å²) in [4.78, 5) is 23.4. The number of esters is 2. The molecule has 0 aliphatic heterocycles. The summed E-state index contributed by atoms with van der Waals surface area (Å²) in [6.45, 7) is 6.75. The Labute approximate surface area is 173 Å². The summed E-state index contributed by atoms with van der Waals surface area (Å²) in [6, 6.07) is 0. The Bertz CT molecular complexity index is 403. The fraction of sp³-hybridized carbons (Fsp3) is 0.833. The third-order valence-corrected chi connectivity index (χ3v) is 4.88. The highest BCUT2D eigenvalue weighted by Gasteiger charge is 2.07. The molecule has 0 radical (unpaired) electrons. The smallest absolute Gasteiger partial charge is 0.331 e. The number of hydrogen-bond acceptors (Lipinski definition) is 4. The van der Waals surface area contributed by atoms with E-state index in [-0.39, 0.29) is 6.10 Å². The standard InChI is InChI=1S/C24H44O4/c1-4-6-8-10-12-13-15-17-21-27-23(25)19-20-24(26)28-22(3)18-16-14-11-9-7-5-2/h19-20,22H,4-18,21H2,1-3H3/b20-19+. The third kappa shape index (κ3) is 19.4. The number of hydrogen-bond donors (Lipinski definition) is 0. The van der Waals surface area contributed by atoms with E-state index in [9.17, 15) is 9.59 Å². The first-order valence-electron chi connectivity index (χ1n) is 11.7. The van der Waals surface area contributed by atoms with Crippen LogP contribution in [0.3, 0.4) is 0 Å². The van der Waals surface area contributed by atoms with Gasteiger partial charge in [0.1, 0.15) is 0 Å². The molecule has 0 aliphatic carbocycles. The monoisotopic (exact) mass is 396 g/mol. The quantitative estimate of drug-likeness (QED) is 0.135. The zero-order valence-electron chi connectivity index (χ0n) is 18.7. The van der Waals surface area contributed by atoms with Crippen LogP contribution >= 0.6 is 0 Å². The number of ether oxygens (including phenoxy) is 2. The summed E-state index contributed by atoms with van der Waals surface area (Å²) in [5.41, 5.74) is 0. The molecule has 0 bridgehead atoms. The lowest BCUT2D eigenvalue weighted by molar-refractivity contribution is -0.143. The van der Waals surface area contributed by atoms with Gasteiger partial charge in [0.25, 0.3) is 0 Å². The Hall–Kier alpha value is -1.32.